The van der Waals surface area contributed by atoms with Crippen LogP contribution in [0.5, 0.6) is 0 Å². The molecule has 0 unspecified atom stereocenters. The first-order chi connectivity index (χ1) is 4.34. The van der Waals surface area contributed by atoms with E-state index in [1.807, 2.05) is 0 Å². The van der Waals surface area contributed by atoms with Crippen molar-refractivity contribution in [3.05, 3.63) is 5.82 Å². The first-order valence-electron chi connectivity index (χ1n) is 2.46. The van der Waals surface area contributed by atoms with Crippen LogP contribution in [-0.2, 0) is 0 Å². The number of nitrogens with one attached hydrogen (secondary N) is 1. The molecule has 4 N–H and O–H groups in total. The van der Waals surface area contributed by atoms with Gasteiger partial charge in [-0.05, 0) is 0 Å². The summed E-state index contributed by atoms with van der Waals surface area (Å²) in [6.45, 7) is 0.111. The first-order valence-corrected chi connectivity index (χ1v) is 2.46. The molecule has 1 heterocycles. The molecular weight excluding hydrogens is 122 g/mol. The summed E-state index contributed by atoms with van der Waals surface area (Å²) in [6.07, 6.45) is -0.802. The number of H-pyrrole nitrogens is 1. The SMILES string of the molecule is NC[C@@H](O)c1nn[nH]n1. The Bertz CT molecular complexity index is 161. The van der Waals surface area contributed by atoms with Gasteiger partial charge in [-0.1, -0.05) is 5.21 Å². The van der Waals surface area contributed by atoms with Crippen molar-refractivity contribution >= 4 is 0 Å². The summed E-state index contributed by atoms with van der Waals surface area (Å²) in [5.41, 5.74) is 5.09. The maximum Gasteiger partial charge on any atom is 0.204 e. The molecule has 0 spiro atoms. The molecule has 0 radical (unpaired) electrons. The van der Waals surface area contributed by atoms with Crippen LogP contribution in [-0.4, -0.2) is 32.3 Å². The smallest absolute Gasteiger partial charge is 0.204 e. The van der Waals surface area contributed by atoms with Gasteiger partial charge in [-0.15, -0.1) is 10.2 Å². The number of aliphatic hydroxyl groups excluding tert-OH is 1. The highest BCUT2D eigenvalue weighted by Gasteiger charge is 2.08. The lowest BCUT2D eigenvalue weighted by Crippen LogP contribution is -2.12. The van der Waals surface area contributed by atoms with Crippen molar-refractivity contribution < 1.29 is 5.11 Å². The zero-order chi connectivity index (χ0) is 6.69. The van der Waals surface area contributed by atoms with E-state index >= 15 is 0 Å². The van der Waals surface area contributed by atoms with Crippen molar-refractivity contribution in [1.82, 2.24) is 20.6 Å². The molecule has 6 heteroatoms. The van der Waals surface area contributed by atoms with E-state index in [4.69, 9.17) is 10.8 Å². The minimum absolute atomic E-state index is 0.111. The second-order valence-electron chi connectivity index (χ2n) is 1.52. The van der Waals surface area contributed by atoms with Crippen LogP contribution in [0.3, 0.4) is 0 Å². The number of tetrazole rings is 1. The van der Waals surface area contributed by atoms with Crippen LogP contribution in [0.25, 0.3) is 0 Å². The van der Waals surface area contributed by atoms with Crippen molar-refractivity contribution in [1.29, 1.82) is 0 Å². The second-order valence-corrected chi connectivity index (χ2v) is 1.52. The number of aromatic amines is 1. The summed E-state index contributed by atoms with van der Waals surface area (Å²) in [5.74, 6) is 0.234. The maximum absolute atomic E-state index is 8.91. The van der Waals surface area contributed by atoms with Crippen LogP contribution in [0.1, 0.15) is 11.9 Å². The van der Waals surface area contributed by atoms with Crippen LogP contribution < -0.4 is 5.73 Å². The molecule has 9 heavy (non-hydrogen) atoms. The molecule has 1 aromatic rings. The molecule has 1 rings (SSSR count). The fraction of sp³-hybridized carbons (Fsp3) is 0.667. The van der Waals surface area contributed by atoms with Crippen LogP contribution in [0, 0.1) is 0 Å². The Balaban J connectivity index is 2.65. The molecule has 0 saturated carbocycles. The Morgan fingerprint density at radius 3 is 3.00 bits per heavy atom. The van der Waals surface area contributed by atoms with Gasteiger partial charge in [0.15, 0.2) is 0 Å². The molecular formula is C3H7N5O. The monoisotopic (exact) mass is 129 g/mol. The molecule has 1 aromatic heterocycles. The zero-order valence-corrected chi connectivity index (χ0v) is 4.65. The van der Waals surface area contributed by atoms with Gasteiger partial charge in [-0.3, -0.25) is 0 Å². The molecule has 0 aliphatic rings. The first kappa shape index (κ1) is 6.12. The number of nitrogens with two attached hydrogens (primary N) is 1. The lowest BCUT2D eigenvalue weighted by Gasteiger charge is -1.97. The number of nitrogens with zero attached hydrogens (tertiary/aromatic N) is 3. The maximum atomic E-state index is 8.91. The van der Waals surface area contributed by atoms with Gasteiger partial charge in [0, 0.05) is 6.54 Å². The largest absolute Gasteiger partial charge is 0.384 e. The molecule has 0 aliphatic carbocycles. The Morgan fingerprint density at radius 1 is 1.78 bits per heavy atom. The number of aliphatic hydroxyl groups is 1. The van der Waals surface area contributed by atoms with Gasteiger partial charge in [0.25, 0.3) is 0 Å². The summed E-state index contributed by atoms with van der Waals surface area (Å²) in [5, 5.41) is 21.4. The summed E-state index contributed by atoms with van der Waals surface area (Å²) in [4.78, 5) is 0. The summed E-state index contributed by atoms with van der Waals surface area (Å²) in [7, 11) is 0. The topological polar surface area (TPSA) is 101 Å². The minimum Gasteiger partial charge on any atom is -0.384 e. The zero-order valence-electron chi connectivity index (χ0n) is 4.65. The summed E-state index contributed by atoms with van der Waals surface area (Å²) >= 11 is 0. The van der Waals surface area contributed by atoms with Gasteiger partial charge in [-0.25, -0.2) is 0 Å². The van der Waals surface area contributed by atoms with Crippen molar-refractivity contribution in [3.63, 3.8) is 0 Å². The molecule has 0 aromatic carbocycles. The Labute approximate surface area is 51.1 Å². The van der Waals surface area contributed by atoms with Gasteiger partial charge in [0.2, 0.25) is 5.82 Å². The Hall–Kier alpha value is -1.01. The predicted octanol–water partition coefficient (Wildman–Crippen LogP) is -1.81. The highest BCUT2D eigenvalue weighted by atomic mass is 16.3. The number of rotatable bonds is 2. The fourth-order valence-corrected chi connectivity index (χ4v) is 0.416. The standard InChI is InChI=1S/C3H7N5O/c4-1-2(9)3-5-7-8-6-3/h2,9H,1,4H2,(H,5,6,7,8)/t2-/m1/s1. The van der Waals surface area contributed by atoms with Crippen molar-refractivity contribution in [2.24, 2.45) is 5.73 Å². The van der Waals surface area contributed by atoms with E-state index in [0.717, 1.165) is 0 Å². The van der Waals surface area contributed by atoms with Gasteiger partial charge in [0.05, 0.1) is 0 Å². The lowest BCUT2D eigenvalue weighted by atomic mass is 10.3. The Kier molecular flexibility index (Phi) is 1.71. The van der Waals surface area contributed by atoms with E-state index in [2.05, 4.69) is 20.6 Å². The van der Waals surface area contributed by atoms with E-state index < -0.39 is 6.10 Å². The number of hydrogen-bond acceptors (Lipinski definition) is 5. The van der Waals surface area contributed by atoms with E-state index in [-0.39, 0.29) is 12.4 Å². The Morgan fingerprint density at radius 2 is 2.56 bits per heavy atom. The van der Waals surface area contributed by atoms with E-state index in [1.165, 1.54) is 0 Å². The van der Waals surface area contributed by atoms with Gasteiger partial charge in [-0.2, -0.15) is 5.21 Å². The minimum atomic E-state index is -0.802. The van der Waals surface area contributed by atoms with Crippen LogP contribution in [0.15, 0.2) is 0 Å². The third-order valence-electron chi connectivity index (χ3n) is 0.883. The molecule has 0 amide bonds. The molecule has 0 aliphatic heterocycles. The predicted molar refractivity (Wildman–Crippen MR) is 28.2 cm³/mol. The van der Waals surface area contributed by atoms with Crippen LogP contribution in [0.4, 0.5) is 0 Å². The van der Waals surface area contributed by atoms with Crippen molar-refractivity contribution in [2.75, 3.05) is 6.54 Å². The van der Waals surface area contributed by atoms with Crippen molar-refractivity contribution in [2.45, 2.75) is 6.10 Å². The summed E-state index contributed by atoms with van der Waals surface area (Å²) in [6, 6.07) is 0. The van der Waals surface area contributed by atoms with Crippen LogP contribution >= 0.6 is 0 Å². The second kappa shape index (κ2) is 2.51. The van der Waals surface area contributed by atoms with E-state index in [9.17, 15) is 0 Å². The molecule has 0 saturated heterocycles. The van der Waals surface area contributed by atoms with Crippen LogP contribution in [0.2, 0.25) is 0 Å². The average Bonchev–Trinajstić information content (AvgIpc) is 2.37. The fourth-order valence-electron chi connectivity index (χ4n) is 0.416. The lowest BCUT2D eigenvalue weighted by molar-refractivity contribution is 0.176. The molecule has 50 valence electrons. The van der Waals surface area contributed by atoms with Gasteiger partial charge >= 0.3 is 0 Å². The van der Waals surface area contributed by atoms with E-state index in [1.54, 1.807) is 0 Å². The molecule has 6 nitrogen and oxygen atoms in total. The van der Waals surface area contributed by atoms with Crippen molar-refractivity contribution in [3.8, 4) is 0 Å². The third-order valence-corrected chi connectivity index (χ3v) is 0.883. The third kappa shape index (κ3) is 1.21. The molecule has 0 fully saturated rings. The number of hydrogen-bond donors (Lipinski definition) is 3. The highest BCUT2D eigenvalue weighted by molar-refractivity contribution is 4.82. The quantitative estimate of drug-likeness (QED) is 0.437. The average molecular weight is 129 g/mol. The molecule has 1 atom stereocenters. The van der Waals surface area contributed by atoms with Gasteiger partial charge in [0.1, 0.15) is 6.10 Å². The molecule has 0 bridgehead atoms. The summed E-state index contributed by atoms with van der Waals surface area (Å²) < 4.78 is 0. The van der Waals surface area contributed by atoms with E-state index in [0.29, 0.717) is 0 Å². The number of aromatic nitrogens is 4. The normalized spacial score (nSPS) is 13.6. The van der Waals surface area contributed by atoms with Gasteiger partial charge < -0.3 is 10.8 Å². The highest BCUT2D eigenvalue weighted by Crippen LogP contribution is 1.99.